The number of hydrogen-bond donors (Lipinski definition) is 4. The fourth-order valence-corrected chi connectivity index (χ4v) is 4.06. The summed E-state index contributed by atoms with van der Waals surface area (Å²) >= 11 is 5.82. The molecule has 3 unspecified atom stereocenters. The van der Waals surface area contributed by atoms with E-state index in [4.69, 9.17) is 17.0 Å². The van der Waals surface area contributed by atoms with Gasteiger partial charge in [-0.05, 0) is 41.4 Å². The highest BCUT2D eigenvalue weighted by molar-refractivity contribution is 7.80. The molecule has 1 aliphatic rings. The van der Waals surface area contributed by atoms with Crippen LogP contribution in [-0.2, 0) is 0 Å². The zero-order chi connectivity index (χ0) is 20.7. The molecule has 6 nitrogen and oxygen atoms in total. The Hall–Kier alpha value is -2.37. The predicted molar refractivity (Wildman–Crippen MR) is 99.4 cm³/mol. The first-order valence-corrected chi connectivity index (χ1v) is 9.19. The number of Topliss-reactive ketones (excluding diaryl/α,β-unsaturated/α-hetero) is 1. The van der Waals surface area contributed by atoms with Gasteiger partial charge in [0.25, 0.3) is 0 Å². The maximum absolute atomic E-state index is 13.8. The zero-order valence-electron chi connectivity index (χ0n) is 14.3. The smallest absolute Gasteiger partial charge is 0.437 e. The number of carbonyl (C=O) groups excluding carboxylic acids is 1. The summed E-state index contributed by atoms with van der Waals surface area (Å²) in [6.45, 7) is 0. The van der Waals surface area contributed by atoms with Gasteiger partial charge in [0.05, 0.1) is 18.0 Å². The lowest BCUT2D eigenvalue weighted by Gasteiger charge is -2.46. The summed E-state index contributed by atoms with van der Waals surface area (Å²) in [5.74, 6) is -3.13. The quantitative estimate of drug-likeness (QED) is 0.436. The normalized spacial score (nSPS) is 25.0. The van der Waals surface area contributed by atoms with Crippen LogP contribution in [0.5, 0.6) is 11.5 Å². The van der Waals surface area contributed by atoms with Crippen LogP contribution < -0.4 is 15.4 Å². The molecule has 0 spiro atoms. The van der Waals surface area contributed by atoms with Crippen molar-refractivity contribution < 1.29 is 32.9 Å². The van der Waals surface area contributed by atoms with Gasteiger partial charge in [-0.1, -0.05) is 12.1 Å². The minimum absolute atomic E-state index is 0.00150. The Morgan fingerprint density at radius 2 is 2.07 bits per heavy atom. The maximum Gasteiger partial charge on any atom is 0.437 e. The summed E-state index contributed by atoms with van der Waals surface area (Å²) in [4.78, 5) is 13.0. The first kappa shape index (κ1) is 20.4. The molecule has 2 heterocycles. The van der Waals surface area contributed by atoms with E-state index in [1.54, 1.807) is 5.38 Å². The SMILES string of the molecule is COc1cc(C2NC(=S)NC(O)(C(F)(F)F)C2C(=O)c2cccs2)ccc1O. The minimum atomic E-state index is -5.20. The molecule has 0 amide bonds. The van der Waals surface area contributed by atoms with Crippen LogP contribution in [-0.4, -0.2) is 40.1 Å². The number of phenolic OH excluding ortho intramolecular Hbond substituents is 1. The van der Waals surface area contributed by atoms with E-state index >= 15 is 0 Å². The zero-order valence-corrected chi connectivity index (χ0v) is 15.9. The van der Waals surface area contributed by atoms with Crippen molar-refractivity contribution in [2.75, 3.05) is 7.11 Å². The van der Waals surface area contributed by atoms with Crippen LogP contribution in [0.3, 0.4) is 0 Å². The molecular weight excluding hydrogens is 417 g/mol. The third-order valence-electron chi connectivity index (χ3n) is 4.42. The van der Waals surface area contributed by atoms with E-state index in [-0.39, 0.29) is 21.9 Å². The first-order valence-electron chi connectivity index (χ1n) is 7.91. The highest BCUT2D eigenvalue weighted by Crippen LogP contribution is 2.45. The number of aliphatic hydroxyl groups is 1. The first-order chi connectivity index (χ1) is 13.1. The van der Waals surface area contributed by atoms with Crippen molar-refractivity contribution in [1.29, 1.82) is 0 Å². The number of aromatic hydroxyl groups is 1. The van der Waals surface area contributed by atoms with Crippen LogP contribution >= 0.6 is 23.6 Å². The lowest BCUT2D eigenvalue weighted by atomic mass is 9.78. The molecule has 0 radical (unpaired) electrons. The van der Waals surface area contributed by atoms with Crippen LogP contribution in [0.2, 0.25) is 0 Å². The van der Waals surface area contributed by atoms with Crippen LogP contribution in [0.15, 0.2) is 35.7 Å². The molecule has 28 heavy (non-hydrogen) atoms. The van der Waals surface area contributed by atoms with Crippen LogP contribution in [0.1, 0.15) is 21.3 Å². The average Bonchev–Trinajstić information content (AvgIpc) is 3.15. The summed E-state index contributed by atoms with van der Waals surface area (Å²) in [5, 5.41) is 25.9. The van der Waals surface area contributed by atoms with Crippen molar-refractivity contribution in [3.63, 3.8) is 0 Å². The largest absolute Gasteiger partial charge is 0.504 e. The van der Waals surface area contributed by atoms with E-state index in [2.05, 4.69) is 5.32 Å². The van der Waals surface area contributed by atoms with Crippen molar-refractivity contribution in [2.24, 2.45) is 5.92 Å². The number of nitrogens with one attached hydrogen (secondary N) is 2. The monoisotopic (exact) mass is 432 g/mol. The lowest BCUT2D eigenvalue weighted by molar-refractivity contribution is -0.285. The van der Waals surface area contributed by atoms with Gasteiger partial charge >= 0.3 is 6.18 Å². The molecule has 3 atom stereocenters. The molecule has 0 aliphatic carbocycles. The summed E-state index contributed by atoms with van der Waals surface area (Å²) in [7, 11) is 1.28. The Morgan fingerprint density at radius 3 is 2.64 bits per heavy atom. The second kappa shape index (κ2) is 7.22. The van der Waals surface area contributed by atoms with Crippen molar-refractivity contribution in [1.82, 2.24) is 10.6 Å². The number of thiophene rings is 1. The van der Waals surface area contributed by atoms with E-state index < -0.39 is 34.8 Å². The fraction of sp³-hybridized carbons (Fsp3) is 0.294. The highest BCUT2D eigenvalue weighted by atomic mass is 32.1. The summed E-state index contributed by atoms with van der Waals surface area (Å²) in [6.07, 6.45) is -5.20. The van der Waals surface area contributed by atoms with Gasteiger partial charge in [0, 0.05) is 0 Å². The molecule has 150 valence electrons. The molecule has 2 aromatic rings. The van der Waals surface area contributed by atoms with Gasteiger partial charge in [0.1, 0.15) is 5.92 Å². The van der Waals surface area contributed by atoms with Gasteiger partial charge in [-0.15, -0.1) is 11.3 Å². The third-order valence-corrected chi connectivity index (χ3v) is 5.52. The molecule has 0 bridgehead atoms. The van der Waals surface area contributed by atoms with Crippen LogP contribution in [0.4, 0.5) is 13.2 Å². The molecule has 1 fully saturated rings. The molecule has 1 aromatic carbocycles. The Morgan fingerprint density at radius 1 is 1.36 bits per heavy atom. The second-order valence-corrected chi connectivity index (χ2v) is 7.45. The molecule has 1 aromatic heterocycles. The molecule has 4 N–H and O–H groups in total. The standard InChI is InChI=1S/C17H15F3N2O4S2/c1-26-10-7-8(4-5-9(10)23)13-12(14(24)11-3-2-6-28-11)16(25,17(18,19)20)22-15(27)21-13/h2-7,12-13,23,25H,1H3,(H2,21,22,27). The van der Waals surface area contributed by atoms with E-state index in [1.807, 2.05) is 5.32 Å². The van der Waals surface area contributed by atoms with Gasteiger partial charge in [0.15, 0.2) is 22.4 Å². The number of benzene rings is 1. The molecule has 11 heteroatoms. The highest BCUT2D eigenvalue weighted by Gasteiger charge is 2.65. The third kappa shape index (κ3) is 3.40. The molecule has 3 rings (SSSR count). The number of phenols is 1. The topological polar surface area (TPSA) is 90.8 Å². The fourth-order valence-electron chi connectivity index (χ4n) is 3.08. The number of thiocarbonyl (C=S) groups is 1. The molecule has 0 saturated carbocycles. The number of rotatable bonds is 4. The Kier molecular flexibility index (Phi) is 5.26. The van der Waals surface area contributed by atoms with E-state index in [1.165, 1.54) is 37.4 Å². The van der Waals surface area contributed by atoms with Gasteiger partial charge < -0.3 is 25.6 Å². The van der Waals surface area contributed by atoms with Crippen molar-refractivity contribution in [2.45, 2.75) is 17.9 Å². The number of methoxy groups -OCH3 is 1. The molecule has 1 aliphatic heterocycles. The van der Waals surface area contributed by atoms with E-state index in [0.717, 1.165) is 11.3 Å². The number of alkyl halides is 3. The van der Waals surface area contributed by atoms with Crippen molar-refractivity contribution in [3.05, 3.63) is 46.2 Å². The number of hydrogen-bond acceptors (Lipinski definition) is 6. The summed E-state index contributed by atoms with van der Waals surface area (Å²) in [6, 6.07) is 5.41. The van der Waals surface area contributed by atoms with Crippen molar-refractivity contribution in [3.8, 4) is 11.5 Å². The second-order valence-electron chi connectivity index (χ2n) is 6.09. The molecular formula is C17H15F3N2O4S2. The number of halogens is 3. The summed E-state index contributed by atoms with van der Waals surface area (Å²) in [5.41, 5.74) is -3.41. The van der Waals surface area contributed by atoms with Gasteiger partial charge in [-0.3, -0.25) is 4.79 Å². The van der Waals surface area contributed by atoms with Gasteiger partial charge in [-0.25, -0.2) is 0 Å². The van der Waals surface area contributed by atoms with E-state index in [0.29, 0.717) is 0 Å². The minimum Gasteiger partial charge on any atom is -0.504 e. The lowest BCUT2D eigenvalue weighted by Crippen LogP contribution is -2.72. The average molecular weight is 432 g/mol. The summed E-state index contributed by atoms with van der Waals surface area (Å²) < 4.78 is 46.5. The number of ketones is 1. The number of carbonyl (C=O) groups is 1. The maximum atomic E-state index is 13.8. The van der Waals surface area contributed by atoms with Crippen LogP contribution in [0.25, 0.3) is 0 Å². The number of ether oxygens (including phenoxy) is 1. The van der Waals surface area contributed by atoms with Gasteiger partial charge in [0.2, 0.25) is 5.72 Å². The predicted octanol–water partition coefficient (Wildman–Crippen LogP) is 2.73. The van der Waals surface area contributed by atoms with Crippen LogP contribution in [0, 0.1) is 5.92 Å². The Bertz CT molecular complexity index is 904. The van der Waals surface area contributed by atoms with Gasteiger partial charge in [-0.2, -0.15) is 13.2 Å². The Labute approximate surface area is 166 Å². The Balaban J connectivity index is 2.17. The molecule has 1 saturated heterocycles. The van der Waals surface area contributed by atoms with E-state index in [9.17, 15) is 28.2 Å². The van der Waals surface area contributed by atoms with Crippen molar-refractivity contribution >= 4 is 34.5 Å².